The summed E-state index contributed by atoms with van der Waals surface area (Å²) < 4.78 is 12.4. The number of nitrogens with one attached hydrogen (secondary N) is 1. The second-order valence-corrected chi connectivity index (χ2v) is 7.49. The fourth-order valence-electron chi connectivity index (χ4n) is 3.76. The standard InChI is InChI=1S/C24H25N5O5/c1-29-14-18(24(30)27-22(33-34-25)11-15-7-5-4-6-8-15)23(28-29)16-9-10-26-19-13-21(32-3)20(31-2)12-17(16)19/h4-10,12-14,22H,11,25H2,1-3H3,(H,27,30). The number of aromatic nitrogens is 3. The Labute approximate surface area is 196 Å². The topological polar surface area (TPSA) is 123 Å². The molecule has 4 aromatic rings. The van der Waals surface area contributed by atoms with E-state index in [1.807, 2.05) is 36.4 Å². The van der Waals surface area contributed by atoms with Crippen molar-refractivity contribution < 1.29 is 24.1 Å². The predicted octanol–water partition coefficient (Wildman–Crippen LogP) is 2.77. The number of rotatable bonds is 9. The van der Waals surface area contributed by atoms with Gasteiger partial charge in [-0.05, 0) is 17.7 Å². The molecule has 0 aliphatic rings. The highest BCUT2D eigenvalue weighted by Gasteiger charge is 2.23. The number of ether oxygens (including phenoxy) is 2. The van der Waals surface area contributed by atoms with Crippen LogP contribution in [0, 0.1) is 0 Å². The van der Waals surface area contributed by atoms with Gasteiger partial charge in [0.05, 0.1) is 25.3 Å². The molecule has 0 bridgehead atoms. The van der Waals surface area contributed by atoms with Gasteiger partial charge in [0.1, 0.15) is 5.69 Å². The third-order valence-corrected chi connectivity index (χ3v) is 5.30. The molecule has 1 unspecified atom stereocenters. The molecule has 0 aliphatic heterocycles. The van der Waals surface area contributed by atoms with Crippen LogP contribution in [0.3, 0.4) is 0 Å². The summed E-state index contributed by atoms with van der Waals surface area (Å²) in [4.78, 5) is 27.2. The minimum atomic E-state index is -0.813. The first kappa shape index (κ1) is 23.2. The fourth-order valence-corrected chi connectivity index (χ4v) is 3.76. The Morgan fingerprint density at radius 2 is 1.85 bits per heavy atom. The molecule has 10 heteroatoms. The lowest BCUT2D eigenvalue weighted by Crippen LogP contribution is -2.39. The summed E-state index contributed by atoms with van der Waals surface area (Å²) in [7, 11) is 4.87. The lowest BCUT2D eigenvalue weighted by Gasteiger charge is -2.17. The van der Waals surface area contributed by atoms with Gasteiger partial charge in [-0.15, -0.1) is 4.99 Å². The molecule has 3 N–H and O–H groups in total. The van der Waals surface area contributed by atoms with Crippen LogP contribution >= 0.6 is 0 Å². The summed E-state index contributed by atoms with van der Waals surface area (Å²) in [6.45, 7) is 0. The van der Waals surface area contributed by atoms with Crippen LogP contribution in [0.5, 0.6) is 11.5 Å². The zero-order valence-corrected chi connectivity index (χ0v) is 19.0. The molecule has 176 valence electrons. The molecule has 34 heavy (non-hydrogen) atoms. The van der Waals surface area contributed by atoms with Crippen molar-refractivity contribution in [3.8, 4) is 22.8 Å². The Kier molecular flexibility index (Phi) is 7.02. The second kappa shape index (κ2) is 10.3. The van der Waals surface area contributed by atoms with Gasteiger partial charge in [-0.3, -0.25) is 14.5 Å². The SMILES string of the molecule is COc1cc2nccc(-c3nn(C)cc3C(=O)NC(Cc3ccccc3)OON)c2cc1OC. The van der Waals surface area contributed by atoms with Crippen LogP contribution in [-0.4, -0.2) is 41.1 Å². The van der Waals surface area contributed by atoms with Gasteiger partial charge < -0.3 is 14.8 Å². The monoisotopic (exact) mass is 463 g/mol. The van der Waals surface area contributed by atoms with Crippen molar-refractivity contribution in [3.05, 3.63) is 72.1 Å². The summed E-state index contributed by atoms with van der Waals surface area (Å²) in [5, 5.41) is 8.12. The highest BCUT2D eigenvalue weighted by molar-refractivity contribution is 6.04. The molecule has 1 amide bonds. The number of aryl methyl sites for hydroxylation is 1. The third kappa shape index (κ3) is 4.84. The Balaban J connectivity index is 1.70. The number of hydrogen-bond acceptors (Lipinski definition) is 8. The summed E-state index contributed by atoms with van der Waals surface area (Å²) in [5.74, 6) is 5.82. The fraction of sp³-hybridized carbons (Fsp3) is 0.208. The smallest absolute Gasteiger partial charge is 0.257 e. The average Bonchev–Trinajstić information content (AvgIpc) is 3.25. The van der Waals surface area contributed by atoms with E-state index < -0.39 is 12.1 Å². The van der Waals surface area contributed by atoms with Crippen LogP contribution in [0.2, 0.25) is 0 Å². The summed E-state index contributed by atoms with van der Waals surface area (Å²) in [6.07, 6.45) is 2.84. The maximum Gasteiger partial charge on any atom is 0.257 e. The zero-order chi connectivity index (χ0) is 24.1. The Morgan fingerprint density at radius 1 is 1.12 bits per heavy atom. The molecule has 2 aromatic carbocycles. The number of hydrogen-bond donors (Lipinski definition) is 2. The van der Waals surface area contributed by atoms with Crippen LogP contribution in [0.25, 0.3) is 22.2 Å². The highest BCUT2D eigenvalue weighted by atomic mass is 17.3. The number of fused-ring (bicyclic) bond motifs is 1. The largest absolute Gasteiger partial charge is 0.493 e. The number of amides is 1. The second-order valence-electron chi connectivity index (χ2n) is 7.49. The third-order valence-electron chi connectivity index (χ3n) is 5.30. The van der Waals surface area contributed by atoms with E-state index in [0.717, 1.165) is 10.9 Å². The number of nitrogens with zero attached hydrogens (tertiary/aromatic N) is 3. The maximum atomic E-state index is 13.3. The lowest BCUT2D eigenvalue weighted by molar-refractivity contribution is -0.332. The zero-order valence-electron chi connectivity index (χ0n) is 19.0. The first-order valence-corrected chi connectivity index (χ1v) is 10.5. The molecular weight excluding hydrogens is 438 g/mol. The van der Waals surface area contributed by atoms with Crippen LogP contribution in [0.4, 0.5) is 0 Å². The van der Waals surface area contributed by atoms with Gasteiger partial charge in [-0.2, -0.15) is 15.9 Å². The van der Waals surface area contributed by atoms with Gasteiger partial charge in [0.25, 0.3) is 5.91 Å². The summed E-state index contributed by atoms with van der Waals surface area (Å²) in [6, 6.07) is 14.9. The number of benzene rings is 2. The Morgan fingerprint density at radius 3 is 2.56 bits per heavy atom. The van der Waals surface area contributed by atoms with E-state index in [-0.39, 0.29) is 0 Å². The number of carbonyl (C=O) groups is 1. The van der Waals surface area contributed by atoms with E-state index in [9.17, 15) is 4.79 Å². The highest BCUT2D eigenvalue weighted by Crippen LogP contribution is 2.36. The van der Waals surface area contributed by atoms with Gasteiger partial charge >= 0.3 is 0 Å². The maximum absolute atomic E-state index is 13.3. The molecule has 0 fully saturated rings. The van der Waals surface area contributed by atoms with E-state index in [4.69, 9.17) is 20.3 Å². The minimum absolute atomic E-state index is 0.350. The first-order valence-electron chi connectivity index (χ1n) is 10.5. The van der Waals surface area contributed by atoms with Crippen molar-refractivity contribution in [2.75, 3.05) is 14.2 Å². The van der Waals surface area contributed by atoms with E-state index in [1.165, 1.54) is 0 Å². The van der Waals surface area contributed by atoms with E-state index in [2.05, 4.69) is 20.4 Å². The van der Waals surface area contributed by atoms with Crippen molar-refractivity contribution in [2.45, 2.75) is 12.6 Å². The molecule has 1 atom stereocenters. The van der Waals surface area contributed by atoms with E-state index >= 15 is 0 Å². The molecule has 4 rings (SSSR count). The van der Waals surface area contributed by atoms with Gasteiger partial charge in [-0.1, -0.05) is 30.3 Å². The number of carbonyl (C=O) groups excluding carboxylic acids is 1. The van der Waals surface area contributed by atoms with Crippen molar-refractivity contribution in [1.29, 1.82) is 0 Å². The number of nitrogens with two attached hydrogens (primary N) is 1. The molecule has 0 aliphatic carbocycles. The molecule has 0 spiro atoms. The summed E-state index contributed by atoms with van der Waals surface area (Å²) >= 11 is 0. The van der Waals surface area contributed by atoms with Crippen molar-refractivity contribution in [2.24, 2.45) is 12.9 Å². The van der Waals surface area contributed by atoms with Gasteiger partial charge in [-0.25, -0.2) is 0 Å². The first-order chi connectivity index (χ1) is 16.5. The molecule has 2 aromatic heterocycles. The number of pyridine rings is 1. The van der Waals surface area contributed by atoms with Crippen LogP contribution in [0.15, 0.2) is 60.9 Å². The predicted molar refractivity (Wildman–Crippen MR) is 125 cm³/mol. The van der Waals surface area contributed by atoms with Gasteiger partial charge in [0.2, 0.25) is 0 Å². The van der Waals surface area contributed by atoms with Gasteiger partial charge in [0.15, 0.2) is 17.7 Å². The van der Waals surface area contributed by atoms with Crippen LogP contribution in [0.1, 0.15) is 15.9 Å². The molecule has 0 saturated carbocycles. The van der Waals surface area contributed by atoms with Crippen LogP contribution < -0.4 is 20.7 Å². The van der Waals surface area contributed by atoms with E-state index in [0.29, 0.717) is 40.3 Å². The lowest BCUT2D eigenvalue weighted by atomic mass is 10.0. The van der Waals surface area contributed by atoms with Crippen molar-refractivity contribution in [3.63, 3.8) is 0 Å². The Hall–Kier alpha value is -3.99. The molecule has 2 heterocycles. The number of methoxy groups -OCH3 is 2. The summed E-state index contributed by atoms with van der Waals surface area (Å²) in [5.41, 5.74) is 3.16. The Bertz CT molecular complexity index is 1290. The average molecular weight is 463 g/mol. The minimum Gasteiger partial charge on any atom is -0.493 e. The van der Waals surface area contributed by atoms with Crippen molar-refractivity contribution >= 4 is 16.8 Å². The van der Waals surface area contributed by atoms with Crippen LogP contribution in [-0.2, 0) is 23.3 Å². The molecular formula is C24H25N5O5. The van der Waals surface area contributed by atoms with Crippen molar-refractivity contribution in [1.82, 2.24) is 20.1 Å². The van der Waals surface area contributed by atoms with E-state index in [1.54, 1.807) is 50.5 Å². The quantitative estimate of drug-likeness (QED) is 0.221. The molecule has 0 saturated heterocycles. The van der Waals surface area contributed by atoms with Gasteiger partial charge in [0, 0.05) is 42.9 Å². The normalized spacial score (nSPS) is 11.9. The molecule has 0 radical (unpaired) electrons. The molecule has 10 nitrogen and oxygen atoms in total.